The fourth-order valence-electron chi connectivity index (χ4n) is 1.66. The number of aromatic nitrogens is 1. The lowest BCUT2D eigenvalue weighted by Gasteiger charge is -2.13. The van der Waals surface area contributed by atoms with Gasteiger partial charge in [-0.2, -0.15) is 0 Å². The molecule has 17 heavy (non-hydrogen) atoms. The predicted molar refractivity (Wildman–Crippen MR) is 68.0 cm³/mol. The molecule has 0 aliphatic heterocycles. The van der Waals surface area contributed by atoms with E-state index in [9.17, 15) is 5.11 Å². The van der Waals surface area contributed by atoms with Crippen molar-refractivity contribution in [1.29, 1.82) is 0 Å². The highest BCUT2D eigenvalue weighted by atomic mass is 16.5. The van der Waals surface area contributed by atoms with Gasteiger partial charge in [-0.3, -0.25) is 0 Å². The van der Waals surface area contributed by atoms with Crippen LogP contribution in [0.3, 0.4) is 0 Å². The first kappa shape index (κ1) is 13.9. The molecule has 0 aliphatic carbocycles. The molecule has 1 aromatic heterocycles. The molecule has 1 rings (SSSR count). The number of aliphatic hydroxyl groups excluding tert-OH is 1. The third kappa shape index (κ3) is 5.65. The number of methoxy groups -OCH3 is 1. The highest BCUT2D eigenvalue weighted by Crippen LogP contribution is 2.07. The van der Waals surface area contributed by atoms with Crippen molar-refractivity contribution in [2.75, 3.05) is 13.7 Å². The number of hydrogen-bond acceptors (Lipinski definition) is 4. The van der Waals surface area contributed by atoms with Crippen LogP contribution in [0.1, 0.15) is 26.0 Å². The average Bonchev–Trinajstić information content (AvgIpc) is 2.28. The minimum Gasteiger partial charge on any atom is -0.481 e. The quantitative estimate of drug-likeness (QED) is 0.757. The second-order valence-electron chi connectivity index (χ2n) is 4.59. The van der Waals surface area contributed by atoms with Crippen LogP contribution in [0.4, 0.5) is 0 Å². The summed E-state index contributed by atoms with van der Waals surface area (Å²) in [4.78, 5) is 4.28. The minimum atomic E-state index is -0.291. The summed E-state index contributed by atoms with van der Waals surface area (Å²) in [7, 11) is 1.60. The van der Waals surface area contributed by atoms with Gasteiger partial charge >= 0.3 is 0 Å². The number of ether oxygens (including phenoxy) is 1. The standard InChI is InChI=1S/C13H22N2O2/c1-10(2)7-12(16)9-14-8-11-5-4-6-13(15-11)17-3/h4-6,10,12,14,16H,7-9H2,1-3H3. The van der Waals surface area contributed by atoms with Gasteiger partial charge in [-0.25, -0.2) is 4.98 Å². The van der Waals surface area contributed by atoms with Crippen LogP contribution in [0.2, 0.25) is 0 Å². The second-order valence-corrected chi connectivity index (χ2v) is 4.59. The Bertz CT molecular complexity index is 329. The summed E-state index contributed by atoms with van der Waals surface area (Å²) in [5.74, 6) is 1.13. The minimum absolute atomic E-state index is 0.291. The fraction of sp³-hybridized carbons (Fsp3) is 0.615. The van der Waals surface area contributed by atoms with E-state index in [0.29, 0.717) is 24.9 Å². The molecule has 96 valence electrons. The van der Waals surface area contributed by atoms with E-state index in [1.807, 2.05) is 18.2 Å². The Morgan fingerprint density at radius 3 is 2.82 bits per heavy atom. The number of pyridine rings is 1. The van der Waals surface area contributed by atoms with Gasteiger partial charge in [-0.15, -0.1) is 0 Å². The Morgan fingerprint density at radius 2 is 2.18 bits per heavy atom. The molecule has 1 aromatic rings. The maximum absolute atomic E-state index is 9.69. The van der Waals surface area contributed by atoms with Gasteiger partial charge < -0.3 is 15.2 Å². The maximum Gasteiger partial charge on any atom is 0.213 e. The molecule has 0 amide bonds. The molecule has 4 heteroatoms. The van der Waals surface area contributed by atoms with Crippen molar-refractivity contribution in [3.63, 3.8) is 0 Å². The first-order chi connectivity index (χ1) is 8.11. The Hall–Kier alpha value is -1.13. The number of rotatable bonds is 7. The van der Waals surface area contributed by atoms with Crippen LogP contribution in [-0.2, 0) is 6.54 Å². The first-order valence-corrected chi connectivity index (χ1v) is 6.00. The molecule has 2 N–H and O–H groups in total. The summed E-state index contributed by atoms with van der Waals surface area (Å²) in [5.41, 5.74) is 0.918. The average molecular weight is 238 g/mol. The molecule has 0 aromatic carbocycles. The zero-order chi connectivity index (χ0) is 12.7. The van der Waals surface area contributed by atoms with Crippen molar-refractivity contribution in [1.82, 2.24) is 10.3 Å². The summed E-state index contributed by atoms with van der Waals surface area (Å²) < 4.78 is 5.05. The van der Waals surface area contributed by atoms with Crippen LogP contribution in [-0.4, -0.2) is 29.8 Å². The topological polar surface area (TPSA) is 54.4 Å². The lowest BCUT2D eigenvalue weighted by Crippen LogP contribution is -2.27. The number of nitrogens with one attached hydrogen (secondary N) is 1. The Labute approximate surface area is 103 Å². The molecule has 0 spiro atoms. The van der Waals surface area contributed by atoms with Crippen LogP contribution in [0.5, 0.6) is 5.88 Å². The van der Waals surface area contributed by atoms with Crippen molar-refractivity contribution in [3.05, 3.63) is 23.9 Å². The van der Waals surface area contributed by atoms with Crippen LogP contribution >= 0.6 is 0 Å². The van der Waals surface area contributed by atoms with Crippen LogP contribution < -0.4 is 10.1 Å². The van der Waals surface area contributed by atoms with E-state index in [-0.39, 0.29) is 6.10 Å². The third-order valence-electron chi connectivity index (χ3n) is 2.42. The van der Waals surface area contributed by atoms with Crippen molar-refractivity contribution >= 4 is 0 Å². The van der Waals surface area contributed by atoms with E-state index in [1.165, 1.54) is 0 Å². The molecular weight excluding hydrogens is 216 g/mol. The van der Waals surface area contributed by atoms with Gasteiger partial charge in [0.25, 0.3) is 0 Å². The molecule has 0 radical (unpaired) electrons. The summed E-state index contributed by atoms with van der Waals surface area (Å²) in [5, 5.41) is 12.9. The lowest BCUT2D eigenvalue weighted by molar-refractivity contribution is 0.146. The van der Waals surface area contributed by atoms with Crippen molar-refractivity contribution in [2.24, 2.45) is 5.92 Å². The van der Waals surface area contributed by atoms with E-state index < -0.39 is 0 Å². The van der Waals surface area contributed by atoms with Gasteiger partial charge in [0.15, 0.2) is 0 Å². The zero-order valence-electron chi connectivity index (χ0n) is 10.8. The van der Waals surface area contributed by atoms with Gasteiger partial charge in [0.2, 0.25) is 5.88 Å². The maximum atomic E-state index is 9.69. The van der Waals surface area contributed by atoms with Gasteiger partial charge in [0.05, 0.1) is 18.9 Å². The van der Waals surface area contributed by atoms with Crippen LogP contribution in [0, 0.1) is 5.92 Å². The van der Waals surface area contributed by atoms with E-state index in [2.05, 4.69) is 24.1 Å². The summed E-state index contributed by atoms with van der Waals surface area (Å²) in [6.07, 6.45) is 0.527. The van der Waals surface area contributed by atoms with Gasteiger partial charge in [0, 0.05) is 19.2 Å². The molecule has 1 unspecified atom stereocenters. The Morgan fingerprint density at radius 1 is 1.41 bits per heavy atom. The SMILES string of the molecule is COc1cccc(CNCC(O)CC(C)C)n1. The van der Waals surface area contributed by atoms with E-state index in [4.69, 9.17) is 4.74 Å². The molecule has 1 atom stereocenters. The smallest absolute Gasteiger partial charge is 0.213 e. The van der Waals surface area contributed by atoms with E-state index in [0.717, 1.165) is 12.1 Å². The fourth-order valence-corrected chi connectivity index (χ4v) is 1.66. The van der Waals surface area contributed by atoms with E-state index in [1.54, 1.807) is 7.11 Å². The lowest BCUT2D eigenvalue weighted by atomic mass is 10.1. The van der Waals surface area contributed by atoms with Crippen molar-refractivity contribution in [2.45, 2.75) is 32.9 Å². The molecule has 0 saturated heterocycles. The normalized spacial score (nSPS) is 12.8. The molecule has 0 fully saturated rings. The largest absolute Gasteiger partial charge is 0.481 e. The Kier molecular flexibility index (Phi) is 5.94. The molecule has 0 saturated carbocycles. The van der Waals surface area contributed by atoms with E-state index >= 15 is 0 Å². The van der Waals surface area contributed by atoms with Crippen LogP contribution in [0.15, 0.2) is 18.2 Å². The van der Waals surface area contributed by atoms with Gasteiger partial charge in [-0.1, -0.05) is 19.9 Å². The number of aliphatic hydroxyl groups is 1. The Balaban J connectivity index is 2.30. The van der Waals surface area contributed by atoms with Crippen LogP contribution in [0.25, 0.3) is 0 Å². The highest BCUT2D eigenvalue weighted by molar-refractivity contribution is 5.15. The van der Waals surface area contributed by atoms with Gasteiger partial charge in [0.1, 0.15) is 0 Å². The monoisotopic (exact) mass is 238 g/mol. The zero-order valence-corrected chi connectivity index (χ0v) is 10.8. The number of nitrogens with zero attached hydrogens (tertiary/aromatic N) is 1. The van der Waals surface area contributed by atoms with Crippen molar-refractivity contribution in [3.8, 4) is 5.88 Å². The molecule has 0 bridgehead atoms. The predicted octanol–water partition coefficient (Wildman–Crippen LogP) is 1.59. The van der Waals surface area contributed by atoms with Crippen molar-refractivity contribution < 1.29 is 9.84 Å². The second kappa shape index (κ2) is 7.25. The third-order valence-corrected chi connectivity index (χ3v) is 2.42. The molecule has 4 nitrogen and oxygen atoms in total. The van der Waals surface area contributed by atoms with Gasteiger partial charge in [-0.05, 0) is 18.4 Å². The molecule has 1 heterocycles. The summed E-state index contributed by atoms with van der Waals surface area (Å²) in [6.45, 7) is 5.45. The number of hydrogen-bond donors (Lipinski definition) is 2. The summed E-state index contributed by atoms with van der Waals surface area (Å²) >= 11 is 0. The first-order valence-electron chi connectivity index (χ1n) is 6.00. The molecular formula is C13H22N2O2. The highest BCUT2D eigenvalue weighted by Gasteiger charge is 2.06. The summed E-state index contributed by atoms with van der Waals surface area (Å²) in [6, 6.07) is 5.66. The molecule has 0 aliphatic rings.